The normalized spacial score (nSPS) is 11.6. The highest BCUT2D eigenvalue weighted by atomic mass is 16.4. The van der Waals surface area contributed by atoms with Gasteiger partial charge in [-0.1, -0.05) is 17.7 Å². The monoisotopic (exact) mass is 251 g/mol. The van der Waals surface area contributed by atoms with Crippen LogP contribution in [0, 0.1) is 6.92 Å². The van der Waals surface area contributed by atoms with Crippen molar-refractivity contribution in [2.75, 3.05) is 0 Å². The molecule has 0 fully saturated rings. The fourth-order valence-corrected chi connectivity index (χ4v) is 1.32. The predicted octanol–water partition coefficient (Wildman–Crippen LogP) is 0.653. The quantitative estimate of drug-likeness (QED) is 0.713. The van der Waals surface area contributed by atoms with Crippen LogP contribution in [-0.2, 0) is 9.59 Å². The predicted molar refractivity (Wildman–Crippen MR) is 62.3 cm³/mol. The summed E-state index contributed by atoms with van der Waals surface area (Å²) in [6, 6.07) is 5.08. The van der Waals surface area contributed by atoms with Crippen LogP contribution in [0.15, 0.2) is 24.3 Å². The van der Waals surface area contributed by atoms with E-state index >= 15 is 0 Å². The molecule has 6 heteroatoms. The molecule has 96 valence electrons. The fourth-order valence-electron chi connectivity index (χ4n) is 1.32. The summed E-state index contributed by atoms with van der Waals surface area (Å²) in [6.45, 7) is 1.85. The van der Waals surface area contributed by atoms with Crippen LogP contribution < -0.4 is 5.32 Å². The molecule has 0 heterocycles. The average molecular weight is 251 g/mol. The lowest BCUT2D eigenvalue weighted by molar-refractivity contribution is -0.145. The van der Waals surface area contributed by atoms with Crippen LogP contribution in [0.25, 0.3) is 0 Å². The van der Waals surface area contributed by atoms with Crippen molar-refractivity contribution in [1.29, 1.82) is 0 Å². The van der Waals surface area contributed by atoms with Gasteiger partial charge in [-0.25, -0.2) is 4.79 Å². The molecule has 0 spiro atoms. The third kappa shape index (κ3) is 3.89. The highest BCUT2D eigenvalue weighted by Crippen LogP contribution is 2.04. The number of benzene rings is 1. The van der Waals surface area contributed by atoms with Crippen molar-refractivity contribution in [3.8, 4) is 0 Å². The Morgan fingerprint density at radius 1 is 1.17 bits per heavy atom. The Hall–Kier alpha value is -2.37. The molecule has 1 aromatic carbocycles. The van der Waals surface area contributed by atoms with Gasteiger partial charge in [0.1, 0.15) is 6.04 Å². The molecule has 1 atom stereocenters. The van der Waals surface area contributed by atoms with Crippen LogP contribution in [0.1, 0.15) is 22.3 Å². The van der Waals surface area contributed by atoms with Gasteiger partial charge in [0.25, 0.3) is 5.91 Å². The van der Waals surface area contributed by atoms with Crippen LogP contribution >= 0.6 is 0 Å². The van der Waals surface area contributed by atoms with Gasteiger partial charge < -0.3 is 15.5 Å². The molecule has 0 unspecified atom stereocenters. The lowest BCUT2D eigenvalue weighted by Gasteiger charge is -2.12. The van der Waals surface area contributed by atoms with Gasteiger partial charge in [0, 0.05) is 5.56 Å². The molecule has 1 rings (SSSR count). The van der Waals surface area contributed by atoms with Crippen LogP contribution in [0.4, 0.5) is 0 Å². The molecule has 0 aliphatic carbocycles. The molecule has 0 aliphatic rings. The third-order valence-electron chi connectivity index (χ3n) is 2.30. The molecule has 0 saturated carbocycles. The molecule has 1 amide bonds. The third-order valence-corrected chi connectivity index (χ3v) is 2.30. The molecule has 6 nitrogen and oxygen atoms in total. The van der Waals surface area contributed by atoms with E-state index in [0.717, 1.165) is 5.56 Å². The molecule has 0 aromatic heterocycles. The number of carbonyl (C=O) groups excluding carboxylic acids is 1. The first-order valence-electron chi connectivity index (χ1n) is 5.22. The lowest BCUT2D eigenvalue weighted by atomic mass is 10.1. The first-order valence-corrected chi connectivity index (χ1v) is 5.22. The van der Waals surface area contributed by atoms with Gasteiger partial charge >= 0.3 is 11.9 Å². The van der Waals surface area contributed by atoms with Crippen molar-refractivity contribution >= 4 is 17.8 Å². The topological polar surface area (TPSA) is 104 Å². The minimum atomic E-state index is -1.43. The maximum Gasteiger partial charge on any atom is 0.326 e. The van der Waals surface area contributed by atoms with Gasteiger partial charge in [-0.2, -0.15) is 0 Å². The van der Waals surface area contributed by atoms with Crippen LogP contribution in [0.3, 0.4) is 0 Å². The van der Waals surface area contributed by atoms with E-state index in [9.17, 15) is 14.4 Å². The summed E-state index contributed by atoms with van der Waals surface area (Å²) in [6.07, 6.45) is -0.660. The summed E-state index contributed by atoms with van der Waals surface area (Å²) >= 11 is 0. The first kappa shape index (κ1) is 13.7. The van der Waals surface area contributed by atoms with Crippen LogP contribution in [0.2, 0.25) is 0 Å². The Morgan fingerprint density at radius 2 is 1.72 bits per heavy atom. The molecule has 0 aliphatic heterocycles. The lowest BCUT2D eigenvalue weighted by Crippen LogP contribution is -2.42. The average Bonchev–Trinajstić information content (AvgIpc) is 2.28. The summed E-state index contributed by atoms with van der Waals surface area (Å²) in [7, 11) is 0. The molecule has 3 N–H and O–H groups in total. The van der Waals surface area contributed by atoms with Gasteiger partial charge in [0.2, 0.25) is 0 Å². The van der Waals surface area contributed by atoms with Crippen molar-refractivity contribution in [3.05, 3.63) is 35.4 Å². The van der Waals surface area contributed by atoms with Gasteiger partial charge in [-0.05, 0) is 19.1 Å². The second-order valence-corrected chi connectivity index (χ2v) is 3.83. The van der Waals surface area contributed by atoms with Gasteiger partial charge in [0.15, 0.2) is 0 Å². The number of hydrogen-bond acceptors (Lipinski definition) is 3. The molecule has 1 aromatic rings. The number of aliphatic carboxylic acids is 2. The minimum Gasteiger partial charge on any atom is -0.481 e. The zero-order valence-corrected chi connectivity index (χ0v) is 9.71. The van der Waals surface area contributed by atoms with E-state index in [2.05, 4.69) is 5.32 Å². The Kier molecular flexibility index (Phi) is 4.42. The van der Waals surface area contributed by atoms with Crippen molar-refractivity contribution < 1.29 is 24.6 Å². The minimum absolute atomic E-state index is 0.289. The number of carboxylic acid groups (broad SMARTS) is 2. The van der Waals surface area contributed by atoms with E-state index < -0.39 is 30.3 Å². The van der Waals surface area contributed by atoms with E-state index in [1.807, 2.05) is 6.92 Å². The summed E-state index contributed by atoms with van der Waals surface area (Å²) in [5.41, 5.74) is 1.25. The summed E-state index contributed by atoms with van der Waals surface area (Å²) in [4.78, 5) is 32.9. The Labute approximate surface area is 103 Å². The number of carbonyl (C=O) groups is 3. The van der Waals surface area contributed by atoms with Gasteiger partial charge in [-0.15, -0.1) is 0 Å². The number of amides is 1. The SMILES string of the molecule is Cc1ccc(C(=O)N[C@@H](CC(=O)O)C(=O)O)cc1. The highest BCUT2D eigenvalue weighted by molar-refractivity contribution is 5.97. The first-order chi connectivity index (χ1) is 8.40. The summed E-state index contributed by atoms with van der Waals surface area (Å²) in [5.74, 6) is -3.27. The van der Waals surface area contributed by atoms with Gasteiger partial charge in [-0.3, -0.25) is 9.59 Å². The molecule has 0 radical (unpaired) electrons. The largest absolute Gasteiger partial charge is 0.481 e. The van der Waals surface area contributed by atoms with Crippen molar-refractivity contribution in [3.63, 3.8) is 0 Å². The van der Waals surface area contributed by atoms with E-state index in [4.69, 9.17) is 10.2 Å². The molecule has 0 saturated heterocycles. The number of carboxylic acids is 2. The fraction of sp³-hybridized carbons (Fsp3) is 0.250. The van der Waals surface area contributed by atoms with E-state index in [0.29, 0.717) is 0 Å². The molecule has 18 heavy (non-hydrogen) atoms. The van der Waals surface area contributed by atoms with Crippen molar-refractivity contribution in [1.82, 2.24) is 5.32 Å². The van der Waals surface area contributed by atoms with Crippen molar-refractivity contribution in [2.45, 2.75) is 19.4 Å². The molecule has 0 bridgehead atoms. The smallest absolute Gasteiger partial charge is 0.326 e. The van der Waals surface area contributed by atoms with Crippen molar-refractivity contribution in [2.24, 2.45) is 0 Å². The second kappa shape index (κ2) is 5.81. The Balaban J connectivity index is 2.75. The Morgan fingerprint density at radius 3 is 2.17 bits per heavy atom. The van der Waals surface area contributed by atoms with Gasteiger partial charge in [0.05, 0.1) is 6.42 Å². The van der Waals surface area contributed by atoms with Crippen LogP contribution in [-0.4, -0.2) is 34.1 Å². The maximum atomic E-state index is 11.7. The Bertz CT molecular complexity index is 466. The van der Waals surface area contributed by atoms with E-state index in [1.165, 1.54) is 0 Å². The zero-order valence-electron chi connectivity index (χ0n) is 9.71. The zero-order chi connectivity index (χ0) is 13.7. The standard InChI is InChI=1S/C12H13NO5/c1-7-2-4-8(5-3-7)11(16)13-9(12(17)18)6-10(14)15/h2-5,9H,6H2,1H3,(H,13,16)(H,14,15)(H,17,18)/t9-/m0/s1. The molecular formula is C12H13NO5. The summed E-state index contributed by atoms with van der Waals surface area (Å²) in [5, 5.41) is 19.5. The van der Waals surface area contributed by atoms with E-state index in [-0.39, 0.29) is 5.56 Å². The number of rotatable bonds is 5. The summed E-state index contributed by atoms with van der Waals surface area (Å²) < 4.78 is 0. The number of hydrogen-bond donors (Lipinski definition) is 3. The molecular weight excluding hydrogens is 238 g/mol. The van der Waals surface area contributed by atoms with E-state index in [1.54, 1.807) is 24.3 Å². The number of aryl methyl sites for hydroxylation is 1. The highest BCUT2D eigenvalue weighted by Gasteiger charge is 2.23. The number of nitrogens with one attached hydrogen (secondary N) is 1. The van der Waals surface area contributed by atoms with Crippen LogP contribution in [0.5, 0.6) is 0 Å². The maximum absolute atomic E-state index is 11.7. The second-order valence-electron chi connectivity index (χ2n) is 3.83.